The molecule has 3 rings (SSSR count). The number of rotatable bonds is 3. The van der Waals surface area contributed by atoms with E-state index in [0.29, 0.717) is 11.4 Å². The summed E-state index contributed by atoms with van der Waals surface area (Å²) in [6.07, 6.45) is 3.19. The highest BCUT2D eigenvalue weighted by Gasteiger charge is 2.07. The van der Waals surface area contributed by atoms with E-state index < -0.39 is 7.32 Å². The summed E-state index contributed by atoms with van der Waals surface area (Å²) in [4.78, 5) is 7.47. The Morgan fingerprint density at radius 2 is 1.26 bits per heavy atom. The molecule has 0 bridgehead atoms. The first kappa shape index (κ1) is 21.5. The highest BCUT2D eigenvalue weighted by molar-refractivity contribution is 6.32. The maximum Gasteiger partial charge on any atom is 0.634 e. The topological polar surface area (TPSA) is 123 Å². The first-order chi connectivity index (χ1) is 13.2. The maximum atomic E-state index is 8.35. The summed E-state index contributed by atoms with van der Waals surface area (Å²) in [6, 6.07) is 23.6. The Labute approximate surface area is 158 Å². The molecular formula is C19H17BN4O3. The fraction of sp³-hybridized carbons (Fsp3) is 0.0526. The van der Waals surface area contributed by atoms with Gasteiger partial charge in [0, 0.05) is 12.4 Å². The monoisotopic (exact) mass is 360 g/mol. The van der Waals surface area contributed by atoms with E-state index in [9.17, 15) is 0 Å². The maximum absolute atomic E-state index is 8.35. The lowest BCUT2D eigenvalue weighted by molar-refractivity contribution is 0.177. The smallest absolute Gasteiger partial charge is 0.402 e. The molecule has 0 aliphatic carbocycles. The number of hydrogen-bond donors (Lipinski definition) is 2. The summed E-state index contributed by atoms with van der Waals surface area (Å²) in [5, 5.41) is 33.1. The van der Waals surface area contributed by atoms with Gasteiger partial charge in [0.25, 0.3) is 0 Å². The van der Waals surface area contributed by atoms with Crippen LogP contribution < -0.4 is 0 Å². The van der Waals surface area contributed by atoms with Gasteiger partial charge in [0.15, 0.2) is 0 Å². The Morgan fingerprint density at radius 1 is 0.778 bits per heavy atom. The van der Waals surface area contributed by atoms with E-state index in [0.717, 1.165) is 5.56 Å². The third kappa shape index (κ3) is 10.8. The molecule has 0 fully saturated rings. The average Bonchev–Trinajstić information content (AvgIpc) is 2.75. The van der Waals surface area contributed by atoms with Gasteiger partial charge in [0.1, 0.15) is 23.5 Å². The Morgan fingerprint density at radius 3 is 1.59 bits per heavy atom. The average molecular weight is 360 g/mol. The summed E-state index contributed by atoms with van der Waals surface area (Å²) < 4.78 is 4.54. The lowest BCUT2D eigenvalue weighted by atomic mass is 10.2. The molecule has 0 spiro atoms. The molecule has 2 heterocycles. The van der Waals surface area contributed by atoms with Gasteiger partial charge in [-0.15, -0.1) is 0 Å². The van der Waals surface area contributed by atoms with E-state index in [1.807, 2.05) is 42.5 Å². The molecule has 134 valence electrons. The van der Waals surface area contributed by atoms with Crippen molar-refractivity contribution in [2.24, 2.45) is 0 Å². The second-order valence-corrected chi connectivity index (χ2v) is 4.78. The SMILES string of the molecule is N#Cc1ccccn1.N#Cc1ccccn1.OB(O)OCc1ccccc1. The zero-order valence-corrected chi connectivity index (χ0v) is 14.4. The number of hydrogen-bond acceptors (Lipinski definition) is 7. The molecule has 0 amide bonds. The lowest BCUT2D eigenvalue weighted by Gasteiger charge is -2.00. The fourth-order valence-corrected chi connectivity index (χ4v) is 1.60. The molecule has 8 heteroatoms. The summed E-state index contributed by atoms with van der Waals surface area (Å²) >= 11 is 0. The molecule has 2 aromatic heterocycles. The fourth-order valence-electron chi connectivity index (χ4n) is 1.60. The molecule has 0 saturated carbocycles. The standard InChI is InChI=1S/C7H9BO3.2C6H4N2/c9-8(10)11-6-7-4-2-1-3-5-7;2*7-5-6-3-1-2-4-8-6/h1-5,9-10H,6H2;2*1-4H. The van der Waals surface area contributed by atoms with Crippen LogP contribution in [0.4, 0.5) is 0 Å². The van der Waals surface area contributed by atoms with Crippen molar-refractivity contribution in [3.8, 4) is 12.1 Å². The second-order valence-electron chi connectivity index (χ2n) is 4.78. The number of nitrogens with zero attached hydrogens (tertiary/aromatic N) is 4. The largest absolute Gasteiger partial charge is 0.634 e. The van der Waals surface area contributed by atoms with Crippen LogP contribution in [0.25, 0.3) is 0 Å². The molecule has 3 aromatic rings. The van der Waals surface area contributed by atoms with E-state index in [-0.39, 0.29) is 6.61 Å². The van der Waals surface area contributed by atoms with E-state index in [4.69, 9.17) is 20.6 Å². The Bertz CT molecular complexity index is 786. The van der Waals surface area contributed by atoms with E-state index in [1.54, 1.807) is 48.8 Å². The zero-order chi connectivity index (χ0) is 19.7. The van der Waals surface area contributed by atoms with Gasteiger partial charge in [-0.2, -0.15) is 10.5 Å². The molecule has 0 saturated heterocycles. The normalized spacial score (nSPS) is 8.59. The van der Waals surface area contributed by atoms with Crippen LogP contribution in [0.1, 0.15) is 17.0 Å². The van der Waals surface area contributed by atoms with Crippen molar-refractivity contribution in [3.63, 3.8) is 0 Å². The minimum Gasteiger partial charge on any atom is -0.402 e. The van der Waals surface area contributed by atoms with Crippen LogP contribution in [0.3, 0.4) is 0 Å². The molecule has 0 aliphatic heterocycles. The van der Waals surface area contributed by atoms with E-state index >= 15 is 0 Å². The van der Waals surface area contributed by atoms with Crippen molar-refractivity contribution in [2.45, 2.75) is 6.61 Å². The third-order valence-electron chi connectivity index (χ3n) is 2.80. The molecular weight excluding hydrogens is 343 g/mol. The zero-order valence-electron chi connectivity index (χ0n) is 14.4. The van der Waals surface area contributed by atoms with Crippen LogP contribution in [0.15, 0.2) is 79.1 Å². The molecule has 1 aromatic carbocycles. The third-order valence-corrected chi connectivity index (χ3v) is 2.80. The van der Waals surface area contributed by atoms with Crippen LogP contribution in [-0.2, 0) is 11.3 Å². The summed E-state index contributed by atoms with van der Waals surface area (Å²) in [5.74, 6) is 0. The summed E-state index contributed by atoms with van der Waals surface area (Å²) in [7, 11) is -1.68. The number of benzene rings is 1. The first-order valence-electron chi connectivity index (χ1n) is 7.79. The number of pyridine rings is 2. The van der Waals surface area contributed by atoms with Crippen LogP contribution in [-0.4, -0.2) is 27.3 Å². The molecule has 0 unspecified atom stereocenters. The molecule has 7 nitrogen and oxygen atoms in total. The van der Waals surface area contributed by atoms with Gasteiger partial charge in [0.05, 0.1) is 6.61 Å². The molecule has 0 radical (unpaired) electrons. The van der Waals surface area contributed by atoms with Gasteiger partial charge in [-0.25, -0.2) is 9.97 Å². The Balaban J connectivity index is 0.000000206. The highest BCUT2D eigenvalue weighted by atomic mass is 16.6. The summed E-state index contributed by atoms with van der Waals surface area (Å²) in [5.41, 5.74) is 1.85. The van der Waals surface area contributed by atoms with Crippen molar-refractivity contribution in [1.82, 2.24) is 9.97 Å². The van der Waals surface area contributed by atoms with Gasteiger partial charge in [-0.1, -0.05) is 42.5 Å². The predicted octanol–water partition coefficient (Wildman–Crippen LogP) is 2.08. The van der Waals surface area contributed by atoms with Gasteiger partial charge in [0.2, 0.25) is 0 Å². The Kier molecular flexibility index (Phi) is 10.9. The Hall–Kier alpha value is -3.56. The van der Waals surface area contributed by atoms with Crippen molar-refractivity contribution in [1.29, 1.82) is 10.5 Å². The van der Waals surface area contributed by atoms with E-state index in [1.165, 1.54) is 0 Å². The number of nitriles is 2. The van der Waals surface area contributed by atoms with Gasteiger partial charge in [-0.05, 0) is 29.8 Å². The second kappa shape index (κ2) is 13.7. The van der Waals surface area contributed by atoms with Crippen molar-refractivity contribution in [3.05, 3.63) is 96.1 Å². The lowest BCUT2D eigenvalue weighted by Crippen LogP contribution is -2.16. The number of aromatic nitrogens is 2. The van der Waals surface area contributed by atoms with Crippen molar-refractivity contribution >= 4 is 7.32 Å². The molecule has 27 heavy (non-hydrogen) atoms. The van der Waals surface area contributed by atoms with Crippen LogP contribution in [0, 0.1) is 22.7 Å². The minimum atomic E-state index is -1.68. The van der Waals surface area contributed by atoms with Crippen molar-refractivity contribution in [2.75, 3.05) is 0 Å². The first-order valence-corrected chi connectivity index (χ1v) is 7.79. The predicted molar refractivity (Wildman–Crippen MR) is 99.3 cm³/mol. The van der Waals surface area contributed by atoms with Crippen molar-refractivity contribution < 1.29 is 14.7 Å². The van der Waals surface area contributed by atoms with Gasteiger partial charge in [-0.3, -0.25) is 0 Å². The van der Waals surface area contributed by atoms with Gasteiger partial charge < -0.3 is 14.7 Å². The molecule has 0 aliphatic rings. The molecule has 0 atom stereocenters. The minimum absolute atomic E-state index is 0.221. The van der Waals surface area contributed by atoms with Crippen LogP contribution in [0.2, 0.25) is 0 Å². The summed E-state index contributed by atoms with van der Waals surface area (Å²) in [6.45, 7) is 0.221. The quantitative estimate of drug-likeness (QED) is 0.686. The van der Waals surface area contributed by atoms with Crippen LogP contribution in [0.5, 0.6) is 0 Å². The van der Waals surface area contributed by atoms with E-state index in [2.05, 4.69) is 14.6 Å². The molecule has 2 N–H and O–H groups in total. The van der Waals surface area contributed by atoms with Gasteiger partial charge >= 0.3 is 7.32 Å². The van der Waals surface area contributed by atoms with Crippen LogP contribution >= 0.6 is 0 Å². The highest BCUT2D eigenvalue weighted by Crippen LogP contribution is 1.99.